The number of ether oxygens (including phenoxy) is 2. The van der Waals surface area contributed by atoms with E-state index in [0.717, 1.165) is 32.1 Å². The number of nitrogen functional groups attached to an aromatic ring is 2. The Hall–Kier alpha value is -5.04. The summed E-state index contributed by atoms with van der Waals surface area (Å²) in [6, 6.07) is 9.15. The second-order valence-electron chi connectivity index (χ2n) is 10.0. The third-order valence-corrected chi connectivity index (χ3v) is 7.46. The zero-order chi connectivity index (χ0) is 29.1. The fourth-order valence-electron chi connectivity index (χ4n) is 5.48. The van der Waals surface area contributed by atoms with Crippen LogP contribution in [0.3, 0.4) is 0 Å². The summed E-state index contributed by atoms with van der Waals surface area (Å²) < 4.78 is 12.9. The first kappa shape index (κ1) is 27.5. The van der Waals surface area contributed by atoms with Crippen molar-refractivity contribution in [1.82, 2.24) is 14.5 Å². The fraction of sp³-hybridized carbons (Fsp3) is 0.290. The van der Waals surface area contributed by atoms with Crippen LogP contribution in [-0.2, 0) is 6.42 Å². The highest BCUT2D eigenvalue weighted by atomic mass is 16.5. The van der Waals surface area contributed by atoms with E-state index in [4.69, 9.17) is 20.9 Å². The highest BCUT2D eigenvalue weighted by molar-refractivity contribution is 5.94. The van der Waals surface area contributed by atoms with E-state index in [-0.39, 0.29) is 29.8 Å². The molecule has 0 bridgehead atoms. The first-order valence-electron chi connectivity index (χ1n) is 13.4. The Morgan fingerprint density at radius 3 is 2.56 bits per heavy atom. The number of benzene rings is 2. The molecule has 0 unspecified atom stereocenters. The molecule has 0 aliphatic heterocycles. The number of carbonyl (C=O) groups is 1. The summed E-state index contributed by atoms with van der Waals surface area (Å²) in [5, 5.41) is 10.3. The molecule has 2 aromatic heterocycles. The molecule has 210 valence electrons. The number of nitrogens with two attached hydrogens (primary N) is 2. The zero-order valence-electron chi connectivity index (χ0n) is 22.9. The molecular weight excluding hydrogens is 522 g/mol. The molecule has 4 aromatic rings. The molecule has 1 aliphatic carbocycles. The summed E-state index contributed by atoms with van der Waals surface area (Å²) in [6.07, 6.45) is 8.15. The molecule has 2 aromatic carbocycles. The summed E-state index contributed by atoms with van der Waals surface area (Å²) in [7, 11) is 3.12. The summed E-state index contributed by atoms with van der Waals surface area (Å²) in [5.41, 5.74) is 14.0. The van der Waals surface area contributed by atoms with E-state index in [1.807, 2.05) is 22.8 Å². The molecule has 0 spiro atoms. The molecule has 0 saturated heterocycles. The maximum atomic E-state index is 13.7. The van der Waals surface area contributed by atoms with Crippen LogP contribution in [0.1, 0.15) is 70.8 Å². The lowest BCUT2D eigenvalue weighted by molar-refractivity contribution is 0.0694. The van der Waals surface area contributed by atoms with Gasteiger partial charge in [-0.05, 0) is 42.7 Å². The van der Waals surface area contributed by atoms with Gasteiger partial charge in [0.15, 0.2) is 11.5 Å². The number of hydrogen-bond acceptors (Lipinski definition) is 8. The van der Waals surface area contributed by atoms with Crippen LogP contribution in [-0.4, -0.2) is 39.8 Å². The number of fused-ring (bicyclic) bond motifs is 1. The molecule has 0 radical (unpaired) electrons. The van der Waals surface area contributed by atoms with E-state index < -0.39 is 11.4 Å². The van der Waals surface area contributed by atoms with Crippen LogP contribution in [0.4, 0.5) is 11.8 Å². The Morgan fingerprint density at radius 2 is 1.88 bits per heavy atom. The second-order valence-corrected chi connectivity index (χ2v) is 10.0. The minimum atomic E-state index is -1.27. The normalized spacial score (nSPS) is 13.4. The number of aromatic nitrogens is 3. The lowest BCUT2D eigenvalue weighted by Gasteiger charge is -2.27. The number of anilines is 2. The average Bonchev–Trinajstić information content (AvgIpc) is 2.97. The number of rotatable bonds is 6. The van der Waals surface area contributed by atoms with Gasteiger partial charge in [-0.1, -0.05) is 37.2 Å². The topological polar surface area (TPSA) is 156 Å². The minimum absolute atomic E-state index is 0.0378. The van der Waals surface area contributed by atoms with Gasteiger partial charge in [0.25, 0.3) is 0 Å². The van der Waals surface area contributed by atoms with E-state index in [1.165, 1.54) is 12.4 Å². The first-order chi connectivity index (χ1) is 19.8. The molecule has 5 N–H and O–H groups in total. The molecule has 1 saturated carbocycles. The van der Waals surface area contributed by atoms with Crippen molar-refractivity contribution in [2.24, 2.45) is 0 Å². The van der Waals surface area contributed by atoms with Gasteiger partial charge < -0.3 is 30.6 Å². The van der Waals surface area contributed by atoms with Gasteiger partial charge in [0.2, 0.25) is 11.4 Å². The molecule has 2 heterocycles. The predicted octanol–water partition coefficient (Wildman–Crippen LogP) is 4.17. The molecule has 5 rings (SSSR count). The van der Waals surface area contributed by atoms with Gasteiger partial charge in [0.05, 0.1) is 30.7 Å². The number of nitrogens with zero attached hydrogens (tertiary/aromatic N) is 3. The van der Waals surface area contributed by atoms with Crippen molar-refractivity contribution in [2.75, 3.05) is 25.7 Å². The average molecular weight is 554 g/mol. The summed E-state index contributed by atoms with van der Waals surface area (Å²) >= 11 is 0. The highest BCUT2D eigenvalue weighted by Crippen LogP contribution is 2.33. The monoisotopic (exact) mass is 553 g/mol. The lowest BCUT2D eigenvalue weighted by atomic mass is 9.93. The van der Waals surface area contributed by atoms with Crippen molar-refractivity contribution in [3.63, 3.8) is 0 Å². The zero-order valence-corrected chi connectivity index (χ0v) is 22.9. The smallest absolute Gasteiger partial charge is 0.341 e. The van der Waals surface area contributed by atoms with Crippen molar-refractivity contribution in [2.45, 2.75) is 44.6 Å². The van der Waals surface area contributed by atoms with Crippen molar-refractivity contribution in [3.8, 4) is 23.3 Å². The number of methoxy groups -OCH3 is 2. The van der Waals surface area contributed by atoms with Gasteiger partial charge >= 0.3 is 5.97 Å². The van der Waals surface area contributed by atoms with Crippen LogP contribution < -0.4 is 26.4 Å². The quantitative estimate of drug-likeness (QED) is 0.298. The number of carboxylic acids is 1. The Labute approximate surface area is 236 Å². The molecule has 10 heteroatoms. The van der Waals surface area contributed by atoms with E-state index in [0.29, 0.717) is 44.7 Å². The van der Waals surface area contributed by atoms with Crippen molar-refractivity contribution in [3.05, 3.63) is 80.8 Å². The lowest BCUT2D eigenvalue weighted by Crippen LogP contribution is -2.23. The Bertz CT molecular complexity index is 1760. The van der Waals surface area contributed by atoms with Crippen LogP contribution >= 0.6 is 0 Å². The Balaban J connectivity index is 1.77. The molecule has 0 atom stereocenters. The number of hydrogen-bond donors (Lipinski definition) is 3. The maximum Gasteiger partial charge on any atom is 0.341 e. The summed E-state index contributed by atoms with van der Waals surface area (Å²) in [6.45, 7) is 0. The molecule has 1 fully saturated rings. The SMILES string of the molecule is COc1cccc(C#Cc2cc(Cc3cnc(N)nc3N)c3c(=O)c(C(=O)O)cn(C4CCCCC4)c3c2)c1OC. The minimum Gasteiger partial charge on any atom is -0.493 e. The van der Waals surface area contributed by atoms with Crippen molar-refractivity contribution < 1.29 is 19.4 Å². The van der Waals surface area contributed by atoms with Gasteiger partial charge in [-0.15, -0.1) is 0 Å². The van der Waals surface area contributed by atoms with Crippen LogP contribution in [0.5, 0.6) is 11.5 Å². The summed E-state index contributed by atoms with van der Waals surface area (Å²) in [5.74, 6) is 6.42. The number of carboxylic acid groups (broad SMARTS) is 1. The number of aromatic carboxylic acids is 1. The third-order valence-electron chi connectivity index (χ3n) is 7.46. The van der Waals surface area contributed by atoms with Crippen molar-refractivity contribution >= 4 is 28.6 Å². The van der Waals surface area contributed by atoms with Crippen LogP contribution in [0, 0.1) is 11.8 Å². The van der Waals surface area contributed by atoms with E-state index in [1.54, 1.807) is 26.4 Å². The fourth-order valence-corrected chi connectivity index (χ4v) is 5.48. The summed E-state index contributed by atoms with van der Waals surface area (Å²) in [4.78, 5) is 34.0. The van der Waals surface area contributed by atoms with E-state index in [2.05, 4.69) is 21.8 Å². The maximum absolute atomic E-state index is 13.7. The number of pyridine rings is 1. The number of para-hydroxylation sites is 1. The van der Waals surface area contributed by atoms with Crippen LogP contribution in [0.15, 0.2) is 47.5 Å². The van der Waals surface area contributed by atoms with Gasteiger partial charge in [0, 0.05) is 36.0 Å². The highest BCUT2D eigenvalue weighted by Gasteiger charge is 2.23. The van der Waals surface area contributed by atoms with Crippen LogP contribution in [0.2, 0.25) is 0 Å². The Morgan fingerprint density at radius 1 is 1.10 bits per heavy atom. The molecule has 0 amide bonds. The molecular formula is C31H31N5O5. The standard InChI is InChI=1S/C31H31N5O5/c1-40-25-10-6-7-19(28(25)41-2)12-11-18-13-20(15-21-16-34-31(33)35-29(21)32)26-24(14-18)36(22-8-4-3-5-9-22)17-23(27(26)37)30(38)39/h6-7,10,13-14,16-17,22H,3-5,8-9,15H2,1-2H3,(H,38,39)(H4,32,33,34,35). The van der Waals surface area contributed by atoms with Gasteiger partial charge in [-0.25, -0.2) is 9.78 Å². The van der Waals surface area contributed by atoms with Gasteiger partial charge in [-0.3, -0.25) is 4.79 Å². The van der Waals surface area contributed by atoms with Gasteiger partial charge in [0.1, 0.15) is 11.4 Å². The van der Waals surface area contributed by atoms with E-state index in [9.17, 15) is 14.7 Å². The van der Waals surface area contributed by atoms with Crippen LogP contribution in [0.25, 0.3) is 10.9 Å². The molecule has 41 heavy (non-hydrogen) atoms. The molecule has 10 nitrogen and oxygen atoms in total. The first-order valence-corrected chi connectivity index (χ1v) is 13.4. The Kier molecular flexibility index (Phi) is 7.79. The second kappa shape index (κ2) is 11.6. The predicted molar refractivity (Wildman–Crippen MR) is 156 cm³/mol. The van der Waals surface area contributed by atoms with Gasteiger partial charge in [-0.2, -0.15) is 4.98 Å². The third kappa shape index (κ3) is 5.52. The largest absolute Gasteiger partial charge is 0.493 e. The van der Waals surface area contributed by atoms with Crippen molar-refractivity contribution in [1.29, 1.82) is 0 Å². The van der Waals surface area contributed by atoms with E-state index >= 15 is 0 Å². The molecule has 1 aliphatic rings.